The average Bonchev–Trinajstić information content (AvgIpc) is 2.63. The minimum atomic E-state index is 0.369. The molecule has 2 N–H and O–H groups in total. The van der Waals surface area contributed by atoms with Crippen molar-refractivity contribution < 1.29 is 4.74 Å². The van der Waals surface area contributed by atoms with Crippen molar-refractivity contribution in [3.63, 3.8) is 0 Å². The van der Waals surface area contributed by atoms with Gasteiger partial charge in [0.1, 0.15) is 5.82 Å². The summed E-state index contributed by atoms with van der Waals surface area (Å²) in [5.41, 5.74) is 7.69. The molecular formula is C8H11N3OS. The normalized spacial score (nSPS) is 14.3. The minimum absolute atomic E-state index is 0.369. The summed E-state index contributed by atoms with van der Waals surface area (Å²) in [5.74, 6) is 3.25. The van der Waals surface area contributed by atoms with Crippen LogP contribution in [0.15, 0.2) is 0 Å². The van der Waals surface area contributed by atoms with Crippen molar-refractivity contribution in [1.29, 1.82) is 0 Å². The van der Waals surface area contributed by atoms with E-state index in [4.69, 9.17) is 10.5 Å². The van der Waals surface area contributed by atoms with E-state index in [1.807, 2.05) is 11.8 Å². The topological polar surface area (TPSA) is 61.0 Å². The number of thioether (sulfide) groups is 1. The number of methoxy groups -OCH3 is 1. The van der Waals surface area contributed by atoms with Gasteiger partial charge in [0.05, 0.1) is 19.3 Å². The standard InChI is InChI=1S/C8H11N3OS/c1-12-8-5-3-13-4-6(5)10-7(2-9)11-8/h2-4,9H2,1H3. The highest BCUT2D eigenvalue weighted by Gasteiger charge is 2.19. The first-order valence-corrected chi connectivity index (χ1v) is 5.21. The number of hydrogen-bond donors (Lipinski definition) is 1. The molecule has 0 aliphatic carbocycles. The third-order valence-corrected chi connectivity index (χ3v) is 2.93. The van der Waals surface area contributed by atoms with E-state index in [0.717, 1.165) is 22.8 Å². The predicted octanol–water partition coefficient (Wildman–Crippen LogP) is 0.691. The Morgan fingerprint density at radius 2 is 2.31 bits per heavy atom. The maximum absolute atomic E-state index is 5.48. The first-order valence-electron chi connectivity index (χ1n) is 4.05. The van der Waals surface area contributed by atoms with Crippen LogP contribution < -0.4 is 10.5 Å². The van der Waals surface area contributed by atoms with E-state index in [1.54, 1.807) is 7.11 Å². The molecule has 1 aromatic rings. The van der Waals surface area contributed by atoms with Gasteiger partial charge in [-0.15, -0.1) is 0 Å². The molecule has 0 bridgehead atoms. The van der Waals surface area contributed by atoms with Crippen molar-refractivity contribution in [2.75, 3.05) is 7.11 Å². The quantitative estimate of drug-likeness (QED) is 0.756. The Balaban J connectivity index is 2.49. The Labute approximate surface area is 80.9 Å². The van der Waals surface area contributed by atoms with Gasteiger partial charge < -0.3 is 10.5 Å². The zero-order valence-electron chi connectivity index (χ0n) is 7.41. The number of nitrogens with two attached hydrogens (primary N) is 1. The Morgan fingerprint density at radius 1 is 1.46 bits per heavy atom. The van der Waals surface area contributed by atoms with Crippen LogP contribution in [0.25, 0.3) is 0 Å². The van der Waals surface area contributed by atoms with Gasteiger partial charge in [-0.25, -0.2) is 4.98 Å². The van der Waals surface area contributed by atoms with Crippen molar-refractivity contribution >= 4 is 11.8 Å². The molecular weight excluding hydrogens is 186 g/mol. The zero-order valence-corrected chi connectivity index (χ0v) is 8.23. The Kier molecular flexibility index (Phi) is 2.37. The van der Waals surface area contributed by atoms with E-state index >= 15 is 0 Å². The summed E-state index contributed by atoms with van der Waals surface area (Å²) < 4.78 is 5.18. The lowest BCUT2D eigenvalue weighted by Crippen LogP contribution is -2.07. The lowest BCUT2D eigenvalue weighted by atomic mass is 10.2. The zero-order chi connectivity index (χ0) is 9.26. The van der Waals surface area contributed by atoms with E-state index in [0.29, 0.717) is 18.2 Å². The first-order chi connectivity index (χ1) is 6.35. The maximum Gasteiger partial charge on any atom is 0.220 e. The number of fused-ring (bicyclic) bond motifs is 1. The molecule has 0 aromatic carbocycles. The van der Waals surface area contributed by atoms with Gasteiger partial charge in [-0.3, -0.25) is 0 Å². The molecule has 1 aliphatic rings. The average molecular weight is 197 g/mol. The van der Waals surface area contributed by atoms with Crippen LogP contribution in [0, 0.1) is 0 Å². The molecule has 5 heteroatoms. The van der Waals surface area contributed by atoms with Crippen LogP contribution in [0.3, 0.4) is 0 Å². The van der Waals surface area contributed by atoms with Crippen LogP contribution in [0.4, 0.5) is 0 Å². The molecule has 0 atom stereocenters. The van der Waals surface area contributed by atoms with Gasteiger partial charge in [0, 0.05) is 17.1 Å². The van der Waals surface area contributed by atoms with Gasteiger partial charge in [0.2, 0.25) is 5.88 Å². The molecule has 70 valence electrons. The first kappa shape index (κ1) is 8.77. The lowest BCUT2D eigenvalue weighted by Gasteiger charge is -2.06. The highest BCUT2D eigenvalue weighted by atomic mass is 32.2. The summed E-state index contributed by atoms with van der Waals surface area (Å²) in [7, 11) is 1.63. The van der Waals surface area contributed by atoms with Gasteiger partial charge in [0.15, 0.2) is 0 Å². The number of ether oxygens (including phenoxy) is 1. The molecule has 4 nitrogen and oxygen atoms in total. The highest BCUT2D eigenvalue weighted by Crippen LogP contribution is 2.33. The molecule has 2 rings (SSSR count). The van der Waals surface area contributed by atoms with Crippen molar-refractivity contribution in [3.8, 4) is 5.88 Å². The predicted molar refractivity (Wildman–Crippen MR) is 51.5 cm³/mol. The minimum Gasteiger partial charge on any atom is -0.481 e. The summed E-state index contributed by atoms with van der Waals surface area (Å²) >= 11 is 1.83. The molecule has 0 amide bonds. The third kappa shape index (κ3) is 1.49. The van der Waals surface area contributed by atoms with E-state index in [2.05, 4.69) is 9.97 Å². The molecule has 0 saturated heterocycles. The molecule has 1 aromatic heterocycles. The molecule has 0 unspecified atom stereocenters. The van der Waals surface area contributed by atoms with Crippen molar-refractivity contribution in [1.82, 2.24) is 9.97 Å². The maximum atomic E-state index is 5.48. The molecule has 0 spiro atoms. The van der Waals surface area contributed by atoms with Crippen molar-refractivity contribution in [2.45, 2.75) is 18.1 Å². The molecule has 0 fully saturated rings. The lowest BCUT2D eigenvalue weighted by molar-refractivity contribution is 0.390. The van der Waals surface area contributed by atoms with E-state index < -0.39 is 0 Å². The molecule has 1 aliphatic heterocycles. The Morgan fingerprint density at radius 3 is 3.00 bits per heavy atom. The van der Waals surface area contributed by atoms with E-state index in [9.17, 15) is 0 Å². The van der Waals surface area contributed by atoms with Crippen LogP contribution in [-0.2, 0) is 18.1 Å². The van der Waals surface area contributed by atoms with Crippen LogP contribution >= 0.6 is 11.8 Å². The van der Waals surface area contributed by atoms with Gasteiger partial charge in [-0.1, -0.05) is 0 Å². The smallest absolute Gasteiger partial charge is 0.220 e. The monoisotopic (exact) mass is 197 g/mol. The SMILES string of the molecule is COc1nc(CN)nc2c1CSC2. The number of hydrogen-bond acceptors (Lipinski definition) is 5. The molecule has 13 heavy (non-hydrogen) atoms. The third-order valence-electron chi connectivity index (χ3n) is 1.96. The summed E-state index contributed by atoms with van der Waals surface area (Å²) in [6, 6.07) is 0. The fourth-order valence-electron chi connectivity index (χ4n) is 1.33. The van der Waals surface area contributed by atoms with Gasteiger partial charge >= 0.3 is 0 Å². The van der Waals surface area contributed by atoms with Crippen LogP contribution in [0.1, 0.15) is 17.1 Å². The van der Waals surface area contributed by atoms with Gasteiger partial charge in [-0.2, -0.15) is 16.7 Å². The van der Waals surface area contributed by atoms with Crippen LogP contribution in [-0.4, -0.2) is 17.1 Å². The second-order valence-corrected chi connectivity index (χ2v) is 3.76. The van der Waals surface area contributed by atoms with E-state index in [-0.39, 0.29) is 0 Å². The van der Waals surface area contributed by atoms with Gasteiger partial charge in [0.25, 0.3) is 0 Å². The number of aromatic nitrogens is 2. The molecule has 0 radical (unpaired) electrons. The van der Waals surface area contributed by atoms with E-state index in [1.165, 1.54) is 0 Å². The highest BCUT2D eigenvalue weighted by molar-refractivity contribution is 7.98. The van der Waals surface area contributed by atoms with Crippen LogP contribution in [0.2, 0.25) is 0 Å². The summed E-state index contributed by atoms with van der Waals surface area (Å²) in [6.07, 6.45) is 0. The second kappa shape index (κ2) is 3.51. The summed E-state index contributed by atoms with van der Waals surface area (Å²) in [4.78, 5) is 8.55. The Bertz CT molecular complexity index is 329. The van der Waals surface area contributed by atoms with Crippen LogP contribution in [0.5, 0.6) is 5.88 Å². The molecule has 0 saturated carbocycles. The van der Waals surface area contributed by atoms with Gasteiger partial charge in [-0.05, 0) is 0 Å². The summed E-state index contributed by atoms with van der Waals surface area (Å²) in [5, 5.41) is 0. The fourth-order valence-corrected chi connectivity index (χ4v) is 2.36. The fraction of sp³-hybridized carbons (Fsp3) is 0.500. The Hall–Kier alpha value is -0.810. The van der Waals surface area contributed by atoms with Crippen molar-refractivity contribution in [3.05, 3.63) is 17.1 Å². The second-order valence-electron chi connectivity index (χ2n) is 2.77. The number of nitrogens with zero attached hydrogens (tertiary/aromatic N) is 2. The number of rotatable bonds is 2. The largest absolute Gasteiger partial charge is 0.481 e. The van der Waals surface area contributed by atoms with Crippen molar-refractivity contribution in [2.24, 2.45) is 5.73 Å². The summed E-state index contributed by atoms with van der Waals surface area (Å²) in [6.45, 7) is 0.369. The molecule has 2 heterocycles.